The van der Waals surface area contributed by atoms with Gasteiger partial charge in [0.25, 0.3) is 5.91 Å². The minimum atomic E-state index is -3.73. The van der Waals surface area contributed by atoms with Crippen molar-refractivity contribution < 1.29 is 18.3 Å². The highest BCUT2D eigenvalue weighted by molar-refractivity contribution is 7.89. The molecule has 2 aromatic rings. The Morgan fingerprint density at radius 1 is 1.19 bits per heavy atom. The van der Waals surface area contributed by atoms with Crippen molar-refractivity contribution in [2.24, 2.45) is 0 Å². The van der Waals surface area contributed by atoms with E-state index >= 15 is 0 Å². The van der Waals surface area contributed by atoms with Crippen molar-refractivity contribution >= 4 is 27.3 Å². The highest BCUT2D eigenvalue weighted by Gasteiger charge is 2.16. The summed E-state index contributed by atoms with van der Waals surface area (Å²) in [6.07, 6.45) is 0. The summed E-state index contributed by atoms with van der Waals surface area (Å²) in [6, 6.07) is 10.2. The van der Waals surface area contributed by atoms with E-state index in [1.165, 1.54) is 25.2 Å². The summed E-state index contributed by atoms with van der Waals surface area (Å²) in [5, 5.41) is 21.5. The van der Waals surface area contributed by atoms with Crippen molar-refractivity contribution in [3.8, 4) is 11.8 Å². The van der Waals surface area contributed by atoms with E-state index in [1.807, 2.05) is 6.07 Å². The first kappa shape index (κ1) is 19.2. The van der Waals surface area contributed by atoms with Crippen LogP contribution in [0.25, 0.3) is 0 Å². The van der Waals surface area contributed by atoms with E-state index in [0.717, 1.165) is 6.07 Å². The van der Waals surface area contributed by atoms with E-state index in [4.69, 9.17) is 5.26 Å². The highest BCUT2D eigenvalue weighted by Crippen LogP contribution is 2.27. The molecule has 26 heavy (non-hydrogen) atoms. The van der Waals surface area contributed by atoms with Crippen molar-refractivity contribution in [3.63, 3.8) is 0 Å². The third-order valence-corrected chi connectivity index (χ3v) is 5.03. The lowest BCUT2D eigenvalue weighted by Gasteiger charge is -2.15. The molecule has 0 atom stereocenters. The number of nitrogens with zero attached hydrogens (tertiary/aromatic N) is 2. The summed E-state index contributed by atoms with van der Waals surface area (Å²) >= 11 is 0. The summed E-state index contributed by atoms with van der Waals surface area (Å²) in [5.74, 6) is -0.864. The first-order chi connectivity index (χ1) is 12.2. The second kappa shape index (κ2) is 7.43. The molecule has 0 heterocycles. The van der Waals surface area contributed by atoms with Crippen LogP contribution in [0.15, 0.2) is 41.3 Å². The van der Waals surface area contributed by atoms with Crippen LogP contribution in [-0.2, 0) is 10.0 Å². The normalized spacial score (nSPS) is 10.8. The Bertz CT molecular complexity index is 994. The number of sulfonamides is 1. The average molecular weight is 374 g/mol. The number of rotatable bonds is 5. The Labute approximate surface area is 151 Å². The van der Waals surface area contributed by atoms with Gasteiger partial charge in [0.05, 0.1) is 22.2 Å². The highest BCUT2D eigenvalue weighted by atomic mass is 32.2. The molecule has 3 N–H and O–H groups in total. The van der Waals surface area contributed by atoms with Crippen LogP contribution >= 0.6 is 0 Å². The maximum atomic E-state index is 12.5. The van der Waals surface area contributed by atoms with Crippen LogP contribution in [0.4, 0.5) is 11.4 Å². The molecule has 0 spiro atoms. The monoisotopic (exact) mass is 374 g/mol. The predicted octanol–water partition coefficient (Wildman–Crippen LogP) is 1.49. The van der Waals surface area contributed by atoms with E-state index in [0.29, 0.717) is 11.3 Å². The van der Waals surface area contributed by atoms with Gasteiger partial charge in [-0.15, -0.1) is 0 Å². The number of hydrogen-bond acceptors (Lipinski definition) is 6. The zero-order chi connectivity index (χ0) is 19.5. The summed E-state index contributed by atoms with van der Waals surface area (Å²) in [4.78, 5) is 14.2. The number of benzene rings is 2. The molecule has 0 unspecified atom stereocenters. The standard InChI is InChI=1S/C17H18N4O4S/c1-19-26(24,25)14-4-5-16(22)15(9-14)20-17(23)12-6-11(10-18)7-13(8-12)21(2)3/h4-9,19,22H,1-3H3,(H,20,23). The maximum Gasteiger partial charge on any atom is 0.255 e. The molecule has 0 saturated heterocycles. The van der Waals surface area contributed by atoms with E-state index in [9.17, 15) is 18.3 Å². The van der Waals surface area contributed by atoms with Crippen molar-refractivity contribution in [3.05, 3.63) is 47.5 Å². The Morgan fingerprint density at radius 3 is 2.46 bits per heavy atom. The number of carbonyl (C=O) groups excluding carboxylic acids is 1. The molecule has 0 aliphatic heterocycles. The molecular weight excluding hydrogens is 356 g/mol. The van der Waals surface area contributed by atoms with Gasteiger partial charge in [0, 0.05) is 25.3 Å². The zero-order valence-corrected chi connectivity index (χ0v) is 15.3. The van der Waals surface area contributed by atoms with Gasteiger partial charge in [0.1, 0.15) is 5.75 Å². The van der Waals surface area contributed by atoms with Crippen LogP contribution < -0.4 is 14.9 Å². The molecule has 9 heteroatoms. The van der Waals surface area contributed by atoms with Crippen molar-refractivity contribution in [1.29, 1.82) is 5.26 Å². The second-order valence-corrected chi connectivity index (χ2v) is 7.50. The SMILES string of the molecule is CNS(=O)(=O)c1ccc(O)c(NC(=O)c2cc(C#N)cc(N(C)C)c2)c1. The number of nitrogens with one attached hydrogen (secondary N) is 2. The molecular formula is C17H18N4O4S. The van der Waals surface area contributed by atoms with Crippen LogP contribution in [0.3, 0.4) is 0 Å². The fourth-order valence-corrected chi connectivity index (χ4v) is 2.92. The van der Waals surface area contributed by atoms with Gasteiger partial charge in [0.2, 0.25) is 10.0 Å². The van der Waals surface area contributed by atoms with Crippen molar-refractivity contribution in [1.82, 2.24) is 4.72 Å². The quantitative estimate of drug-likeness (QED) is 0.682. The van der Waals surface area contributed by atoms with Gasteiger partial charge in [-0.2, -0.15) is 5.26 Å². The number of amides is 1. The minimum Gasteiger partial charge on any atom is -0.506 e. The van der Waals surface area contributed by atoms with E-state index < -0.39 is 15.9 Å². The molecule has 8 nitrogen and oxygen atoms in total. The van der Waals surface area contributed by atoms with Crippen LogP contribution in [-0.4, -0.2) is 40.6 Å². The minimum absolute atomic E-state index is 0.0555. The zero-order valence-electron chi connectivity index (χ0n) is 14.4. The van der Waals surface area contributed by atoms with Gasteiger partial charge in [-0.3, -0.25) is 4.79 Å². The molecule has 0 aliphatic carbocycles. The van der Waals surface area contributed by atoms with Crippen molar-refractivity contribution in [2.45, 2.75) is 4.90 Å². The fourth-order valence-electron chi connectivity index (χ4n) is 2.16. The van der Waals surface area contributed by atoms with Crippen LogP contribution in [0.2, 0.25) is 0 Å². The number of anilines is 2. The lowest BCUT2D eigenvalue weighted by Crippen LogP contribution is -2.19. The van der Waals surface area contributed by atoms with E-state index in [1.54, 1.807) is 31.1 Å². The Kier molecular flexibility index (Phi) is 5.50. The third kappa shape index (κ3) is 4.11. The van der Waals surface area contributed by atoms with Crippen LogP contribution in [0.1, 0.15) is 15.9 Å². The Morgan fingerprint density at radius 2 is 1.88 bits per heavy atom. The number of phenolic OH excluding ortho intramolecular Hbond substituents is 1. The second-order valence-electron chi connectivity index (χ2n) is 5.62. The molecule has 0 fully saturated rings. The van der Waals surface area contributed by atoms with Crippen LogP contribution in [0.5, 0.6) is 5.75 Å². The Balaban J connectivity index is 2.41. The number of carbonyl (C=O) groups is 1. The van der Waals surface area contributed by atoms with Gasteiger partial charge in [-0.05, 0) is 43.4 Å². The molecule has 2 aromatic carbocycles. The topological polar surface area (TPSA) is 123 Å². The van der Waals surface area contributed by atoms with Gasteiger partial charge in [-0.1, -0.05) is 0 Å². The van der Waals surface area contributed by atoms with Crippen molar-refractivity contribution in [2.75, 3.05) is 31.4 Å². The molecule has 2 rings (SSSR count). The van der Waals surface area contributed by atoms with Gasteiger partial charge in [-0.25, -0.2) is 13.1 Å². The lowest BCUT2D eigenvalue weighted by atomic mass is 10.1. The first-order valence-electron chi connectivity index (χ1n) is 7.48. The third-order valence-electron chi connectivity index (χ3n) is 3.62. The summed E-state index contributed by atoms with van der Waals surface area (Å²) in [7, 11) is 1.08. The number of aromatic hydroxyl groups is 1. The first-order valence-corrected chi connectivity index (χ1v) is 8.96. The molecule has 0 saturated carbocycles. The van der Waals surface area contributed by atoms with Gasteiger partial charge in [0.15, 0.2) is 0 Å². The summed E-state index contributed by atoms with van der Waals surface area (Å²) < 4.78 is 25.9. The van der Waals surface area contributed by atoms with E-state index in [2.05, 4.69) is 10.0 Å². The number of hydrogen-bond donors (Lipinski definition) is 3. The molecule has 1 amide bonds. The largest absolute Gasteiger partial charge is 0.506 e. The summed E-state index contributed by atoms with van der Waals surface area (Å²) in [6.45, 7) is 0. The fraction of sp³-hybridized carbons (Fsp3) is 0.176. The van der Waals surface area contributed by atoms with Gasteiger partial charge < -0.3 is 15.3 Å². The Hall–Kier alpha value is -3.09. The van der Waals surface area contributed by atoms with E-state index in [-0.39, 0.29) is 21.9 Å². The summed E-state index contributed by atoms with van der Waals surface area (Å²) in [5.41, 5.74) is 1.11. The maximum absolute atomic E-state index is 12.5. The number of nitriles is 1. The average Bonchev–Trinajstić information content (AvgIpc) is 2.62. The molecule has 0 bridgehead atoms. The molecule has 0 aliphatic rings. The van der Waals surface area contributed by atoms with Crippen LogP contribution in [0, 0.1) is 11.3 Å². The number of phenols is 1. The lowest BCUT2D eigenvalue weighted by molar-refractivity contribution is 0.102. The predicted molar refractivity (Wildman–Crippen MR) is 97.8 cm³/mol. The molecule has 0 aromatic heterocycles. The van der Waals surface area contributed by atoms with Gasteiger partial charge >= 0.3 is 0 Å². The molecule has 0 radical (unpaired) electrons. The molecule has 136 valence electrons. The smallest absolute Gasteiger partial charge is 0.255 e.